The highest BCUT2D eigenvalue weighted by Gasteiger charge is 2.19. The number of aliphatic hydroxyl groups excluding tert-OH is 1. The van der Waals surface area contributed by atoms with Crippen LogP contribution in [0.5, 0.6) is 11.5 Å². The van der Waals surface area contributed by atoms with Gasteiger partial charge in [0.05, 0.1) is 11.1 Å². The third-order valence-corrected chi connectivity index (χ3v) is 3.85. The largest absolute Gasteiger partial charge is 0.486 e. The number of halogens is 2. The topological polar surface area (TPSA) is 67.8 Å². The van der Waals surface area contributed by atoms with Crippen molar-refractivity contribution in [3.63, 3.8) is 0 Å². The molecule has 1 atom stereocenters. The molecule has 1 heterocycles. The van der Waals surface area contributed by atoms with Crippen molar-refractivity contribution >= 4 is 17.5 Å². The summed E-state index contributed by atoms with van der Waals surface area (Å²) in [5, 5.41) is 12.9. The third kappa shape index (κ3) is 3.60. The number of amides is 1. The van der Waals surface area contributed by atoms with Gasteiger partial charge in [-0.25, -0.2) is 4.39 Å². The summed E-state index contributed by atoms with van der Waals surface area (Å²) < 4.78 is 23.7. The van der Waals surface area contributed by atoms with Crippen molar-refractivity contribution in [1.82, 2.24) is 5.32 Å². The molecule has 2 aromatic carbocycles. The number of benzene rings is 2. The Morgan fingerprint density at radius 2 is 1.96 bits per heavy atom. The van der Waals surface area contributed by atoms with Crippen LogP contribution in [0.15, 0.2) is 36.4 Å². The molecule has 1 aliphatic heterocycles. The lowest BCUT2D eigenvalue weighted by molar-refractivity contribution is 0.0915. The molecule has 3 rings (SSSR count). The molecule has 2 aromatic rings. The highest BCUT2D eigenvalue weighted by Crippen LogP contribution is 2.38. The number of ether oxygens (including phenoxy) is 2. The molecular formula is C17H15ClFNO4. The fourth-order valence-electron chi connectivity index (χ4n) is 2.34. The van der Waals surface area contributed by atoms with Gasteiger partial charge in [-0.1, -0.05) is 23.7 Å². The van der Waals surface area contributed by atoms with E-state index in [1.807, 2.05) is 0 Å². The van der Waals surface area contributed by atoms with E-state index in [0.29, 0.717) is 35.8 Å². The van der Waals surface area contributed by atoms with E-state index in [0.717, 1.165) is 0 Å². The number of carbonyl (C=O) groups is 1. The van der Waals surface area contributed by atoms with Gasteiger partial charge in [-0.3, -0.25) is 4.79 Å². The molecule has 1 unspecified atom stereocenters. The number of hydrogen-bond acceptors (Lipinski definition) is 4. The molecule has 24 heavy (non-hydrogen) atoms. The highest BCUT2D eigenvalue weighted by atomic mass is 35.5. The molecule has 1 aliphatic rings. The summed E-state index contributed by atoms with van der Waals surface area (Å²) in [6.07, 6.45) is -0.942. The van der Waals surface area contributed by atoms with Crippen molar-refractivity contribution in [2.75, 3.05) is 19.8 Å². The fraction of sp³-hybridized carbons (Fsp3) is 0.235. The minimum absolute atomic E-state index is 0.0173. The maximum atomic E-state index is 12.9. The third-order valence-electron chi connectivity index (χ3n) is 3.57. The highest BCUT2D eigenvalue weighted by molar-refractivity contribution is 6.32. The van der Waals surface area contributed by atoms with Crippen LogP contribution in [0.2, 0.25) is 5.02 Å². The van der Waals surface area contributed by atoms with Gasteiger partial charge in [0.15, 0.2) is 11.5 Å². The summed E-state index contributed by atoms with van der Waals surface area (Å²) in [7, 11) is 0. The van der Waals surface area contributed by atoms with Crippen LogP contribution in [0.1, 0.15) is 22.0 Å². The Balaban J connectivity index is 1.66. The normalized spacial score (nSPS) is 14.1. The van der Waals surface area contributed by atoms with Crippen LogP contribution in [-0.4, -0.2) is 30.8 Å². The van der Waals surface area contributed by atoms with Crippen LogP contribution in [0.4, 0.5) is 4.39 Å². The van der Waals surface area contributed by atoms with Crippen molar-refractivity contribution in [3.05, 3.63) is 58.4 Å². The first-order chi connectivity index (χ1) is 11.5. The second-order valence-electron chi connectivity index (χ2n) is 5.26. The molecule has 126 valence electrons. The zero-order valence-electron chi connectivity index (χ0n) is 12.6. The summed E-state index contributed by atoms with van der Waals surface area (Å²) in [5.41, 5.74) is 0.812. The van der Waals surface area contributed by atoms with Crippen molar-refractivity contribution in [1.29, 1.82) is 0 Å². The van der Waals surface area contributed by atoms with Crippen LogP contribution in [-0.2, 0) is 0 Å². The molecule has 0 fully saturated rings. The summed E-state index contributed by atoms with van der Waals surface area (Å²) in [4.78, 5) is 12.2. The SMILES string of the molecule is O=C(NCC(O)c1ccc(F)cc1)c1cc(Cl)c2c(c1)OCCO2. The van der Waals surface area contributed by atoms with Crippen LogP contribution in [0.3, 0.4) is 0 Å². The summed E-state index contributed by atoms with van der Waals surface area (Å²) >= 11 is 6.09. The van der Waals surface area contributed by atoms with Gasteiger partial charge in [0, 0.05) is 12.1 Å². The van der Waals surface area contributed by atoms with Crippen LogP contribution >= 0.6 is 11.6 Å². The first kappa shape index (κ1) is 16.5. The van der Waals surface area contributed by atoms with Crippen molar-refractivity contribution < 1.29 is 23.8 Å². The molecule has 0 saturated carbocycles. The Kier molecular flexibility index (Phi) is 4.87. The molecule has 1 amide bonds. The quantitative estimate of drug-likeness (QED) is 0.888. The van der Waals surface area contributed by atoms with Gasteiger partial charge in [0.1, 0.15) is 19.0 Å². The number of fused-ring (bicyclic) bond motifs is 1. The van der Waals surface area contributed by atoms with Crippen LogP contribution in [0.25, 0.3) is 0 Å². The lowest BCUT2D eigenvalue weighted by atomic mass is 10.1. The van der Waals surface area contributed by atoms with E-state index in [2.05, 4.69) is 5.32 Å². The van der Waals surface area contributed by atoms with E-state index in [1.165, 1.54) is 30.3 Å². The number of hydrogen-bond donors (Lipinski definition) is 2. The van der Waals surface area contributed by atoms with E-state index in [9.17, 15) is 14.3 Å². The minimum Gasteiger partial charge on any atom is -0.486 e. The molecule has 0 saturated heterocycles. The smallest absolute Gasteiger partial charge is 0.251 e. The number of aliphatic hydroxyl groups is 1. The van der Waals surface area contributed by atoms with Crippen molar-refractivity contribution in [2.24, 2.45) is 0 Å². The molecule has 5 nitrogen and oxygen atoms in total. The van der Waals surface area contributed by atoms with E-state index in [1.54, 1.807) is 6.07 Å². The number of rotatable bonds is 4. The second-order valence-corrected chi connectivity index (χ2v) is 5.67. The van der Waals surface area contributed by atoms with Gasteiger partial charge in [-0.2, -0.15) is 0 Å². The standard InChI is InChI=1S/C17H15ClFNO4/c18-13-7-11(8-15-16(13)24-6-5-23-15)17(22)20-9-14(21)10-1-3-12(19)4-2-10/h1-4,7-8,14,21H,5-6,9H2,(H,20,22). The second kappa shape index (κ2) is 7.07. The molecule has 0 bridgehead atoms. The molecule has 0 aliphatic carbocycles. The maximum Gasteiger partial charge on any atom is 0.251 e. The van der Waals surface area contributed by atoms with E-state index >= 15 is 0 Å². The van der Waals surface area contributed by atoms with Gasteiger partial charge >= 0.3 is 0 Å². The maximum absolute atomic E-state index is 12.9. The molecule has 2 N–H and O–H groups in total. The van der Waals surface area contributed by atoms with Gasteiger partial charge in [0.2, 0.25) is 0 Å². The Morgan fingerprint density at radius 1 is 1.25 bits per heavy atom. The summed E-state index contributed by atoms with van der Waals surface area (Å²) in [5.74, 6) is 0.0414. The van der Waals surface area contributed by atoms with E-state index in [4.69, 9.17) is 21.1 Å². The first-order valence-electron chi connectivity index (χ1n) is 7.35. The zero-order valence-corrected chi connectivity index (χ0v) is 13.3. The predicted octanol–water partition coefficient (Wildman–Crippen LogP) is 2.71. The van der Waals surface area contributed by atoms with Crippen molar-refractivity contribution in [2.45, 2.75) is 6.10 Å². The van der Waals surface area contributed by atoms with E-state index in [-0.39, 0.29) is 17.4 Å². The average Bonchev–Trinajstić information content (AvgIpc) is 2.60. The monoisotopic (exact) mass is 351 g/mol. The Hall–Kier alpha value is -2.31. The summed E-state index contributed by atoms with van der Waals surface area (Å²) in [6.45, 7) is 0.774. The molecule has 0 aromatic heterocycles. The number of nitrogens with one attached hydrogen (secondary N) is 1. The van der Waals surface area contributed by atoms with Crippen LogP contribution in [0, 0.1) is 5.82 Å². The van der Waals surface area contributed by atoms with Crippen LogP contribution < -0.4 is 14.8 Å². The Labute approximate surface area is 143 Å². The minimum atomic E-state index is -0.942. The van der Waals surface area contributed by atoms with E-state index < -0.39 is 12.0 Å². The van der Waals surface area contributed by atoms with Gasteiger partial charge < -0.3 is 19.9 Å². The fourth-order valence-corrected chi connectivity index (χ4v) is 2.60. The average molecular weight is 352 g/mol. The van der Waals surface area contributed by atoms with Gasteiger partial charge in [0.25, 0.3) is 5.91 Å². The Bertz CT molecular complexity index is 751. The lowest BCUT2D eigenvalue weighted by Gasteiger charge is -2.20. The summed E-state index contributed by atoms with van der Waals surface area (Å²) in [6, 6.07) is 8.46. The lowest BCUT2D eigenvalue weighted by Crippen LogP contribution is -2.28. The van der Waals surface area contributed by atoms with Gasteiger partial charge in [-0.05, 0) is 29.8 Å². The molecular weight excluding hydrogens is 337 g/mol. The van der Waals surface area contributed by atoms with Crippen molar-refractivity contribution in [3.8, 4) is 11.5 Å². The molecule has 0 spiro atoms. The van der Waals surface area contributed by atoms with Gasteiger partial charge in [-0.15, -0.1) is 0 Å². The predicted molar refractivity (Wildman–Crippen MR) is 86.1 cm³/mol. The molecule has 7 heteroatoms. The first-order valence-corrected chi connectivity index (χ1v) is 7.73. The number of carbonyl (C=O) groups excluding carboxylic acids is 1. The molecule has 0 radical (unpaired) electrons. The zero-order chi connectivity index (χ0) is 17.1. The Morgan fingerprint density at radius 3 is 2.71 bits per heavy atom.